The van der Waals surface area contributed by atoms with Gasteiger partial charge in [-0.3, -0.25) is 4.79 Å². The summed E-state index contributed by atoms with van der Waals surface area (Å²) in [7, 11) is 0. The average molecular weight is 345 g/mol. The molecule has 1 amide bonds. The van der Waals surface area contributed by atoms with Gasteiger partial charge in [0.1, 0.15) is 5.69 Å². The van der Waals surface area contributed by atoms with Gasteiger partial charge in [0.05, 0.1) is 11.4 Å². The standard InChI is InChI=1S/C22H23N3O/c26-22(23-18-12-6-2-7-13-18)21-16-20(17-10-4-1-5-11-17)24-25(21)19-14-8-3-9-15-19/h1,3-5,8-11,14-16,18H,2,6-7,12-13H2,(H,23,26). The molecule has 3 aromatic rings. The van der Waals surface area contributed by atoms with Crippen molar-refractivity contribution in [3.05, 3.63) is 72.4 Å². The van der Waals surface area contributed by atoms with E-state index < -0.39 is 0 Å². The summed E-state index contributed by atoms with van der Waals surface area (Å²) in [5.41, 5.74) is 3.29. The Labute approximate surface area is 153 Å². The van der Waals surface area contributed by atoms with Crippen LogP contribution in [0.1, 0.15) is 42.6 Å². The van der Waals surface area contributed by atoms with Crippen LogP contribution in [0, 0.1) is 0 Å². The summed E-state index contributed by atoms with van der Waals surface area (Å²) in [6.07, 6.45) is 5.79. The molecule has 0 bridgehead atoms. The van der Waals surface area contributed by atoms with Crippen molar-refractivity contribution in [2.75, 3.05) is 0 Å². The molecule has 4 nitrogen and oxygen atoms in total. The van der Waals surface area contributed by atoms with Gasteiger partial charge in [-0.05, 0) is 31.0 Å². The first-order valence-electron chi connectivity index (χ1n) is 9.33. The minimum atomic E-state index is -0.0459. The van der Waals surface area contributed by atoms with Gasteiger partial charge in [-0.25, -0.2) is 4.68 Å². The summed E-state index contributed by atoms with van der Waals surface area (Å²) in [6.45, 7) is 0. The van der Waals surface area contributed by atoms with E-state index in [1.54, 1.807) is 4.68 Å². The Bertz CT molecular complexity index is 865. The second-order valence-corrected chi connectivity index (χ2v) is 6.84. The maximum absolute atomic E-state index is 13.0. The molecule has 1 aliphatic rings. The first-order chi connectivity index (χ1) is 12.8. The van der Waals surface area contributed by atoms with E-state index in [1.165, 1.54) is 19.3 Å². The third-order valence-electron chi connectivity index (χ3n) is 4.95. The van der Waals surface area contributed by atoms with E-state index in [1.807, 2.05) is 66.7 Å². The van der Waals surface area contributed by atoms with Crippen LogP contribution in [-0.4, -0.2) is 21.7 Å². The molecule has 4 heteroatoms. The van der Waals surface area contributed by atoms with Gasteiger partial charge in [0.2, 0.25) is 0 Å². The number of amides is 1. The number of carbonyl (C=O) groups excluding carboxylic acids is 1. The smallest absolute Gasteiger partial charge is 0.270 e. The molecule has 1 fully saturated rings. The molecule has 4 rings (SSSR count). The zero-order valence-corrected chi connectivity index (χ0v) is 14.8. The van der Waals surface area contributed by atoms with E-state index in [2.05, 4.69) is 5.32 Å². The van der Waals surface area contributed by atoms with Crippen LogP contribution in [0.5, 0.6) is 0 Å². The molecule has 1 heterocycles. The molecule has 0 atom stereocenters. The van der Waals surface area contributed by atoms with Gasteiger partial charge in [-0.2, -0.15) is 5.10 Å². The number of nitrogens with zero attached hydrogens (tertiary/aromatic N) is 2. The highest BCUT2D eigenvalue weighted by Gasteiger charge is 2.21. The minimum Gasteiger partial charge on any atom is -0.348 e. The number of hydrogen-bond donors (Lipinski definition) is 1. The fourth-order valence-corrected chi connectivity index (χ4v) is 3.57. The van der Waals surface area contributed by atoms with Crippen molar-refractivity contribution in [1.29, 1.82) is 0 Å². The summed E-state index contributed by atoms with van der Waals surface area (Å²) in [4.78, 5) is 13.0. The number of para-hydroxylation sites is 1. The Balaban J connectivity index is 1.69. The first-order valence-corrected chi connectivity index (χ1v) is 9.33. The highest BCUT2D eigenvalue weighted by atomic mass is 16.2. The summed E-state index contributed by atoms with van der Waals surface area (Å²) < 4.78 is 1.75. The monoisotopic (exact) mass is 345 g/mol. The molecular weight excluding hydrogens is 322 g/mol. The lowest BCUT2D eigenvalue weighted by Crippen LogP contribution is -2.37. The van der Waals surface area contributed by atoms with Crippen molar-refractivity contribution >= 4 is 5.91 Å². The molecule has 0 aliphatic heterocycles. The second kappa shape index (κ2) is 7.56. The third kappa shape index (κ3) is 3.54. The van der Waals surface area contributed by atoms with E-state index in [4.69, 9.17) is 5.10 Å². The van der Waals surface area contributed by atoms with Gasteiger partial charge >= 0.3 is 0 Å². The van der Waals surface area contributed by atoms with Crippen molar-refractivity contribution in [2.24, 2.45) is 0 Å². The van der Waals surface area contributed by atoms with Crippen molar-refractivity contribution in [1.82, 2.24) is 15.1 Å². The van der Waals surface area contributed by atoms with Crippen molar-refractivity contribution in [3.63, 3.8) is 0 Å². The van der Waals surface area contributed by atoms with Crippen LogP contribution < -0.4 is 5.32 Å². The SMILES string of the molecule is O=C(NC1CCCCC1)c1cc(-c2ccccc2)nn1-c1ccccc1. The lowest BCUT2D eigenvalue weighted by atomic mass is 9.95. The number of aromatic nitrogens is 2. The zero-order valence-electron chi connectivity index (χ0n) is 14.8. The highest BCUT2D eigenvalue weighted by molar-refractivity contribution is 5.94. The molecule has 1 aliphatic carbocycles. The topological polar surface area (TPSA) is 46.9 Å². The van der Waals surface area contributed by atoms with Crippen LogP contribution in [0.4, 0.5) is 0 Å². The third-order valence-corrected chi connectivity index (χ3v) is 4.95. The largest absolute Gasteiger partial charge is 0.348 e. The number of nitrogens with one attached hydrogen (secondary N) is 1. The number of carbonyl (C=O) groups is 1. The van der Waals surface area contributed by atoms with Crippen molar-refractivity contribution < 1.29 is 4.79 Å². The minimum absolute atomic E-state index is 0.0459. The van der Waals surface area contributed by atoms with E-state index in [0.717, 1.165) is 29.8 Å². The van der Waals surface area contributed by atoms with Crippen LogP contribution in [0.3, 0.4) is 0 Å². The first kappa shape index (κ1) is 16.6. The Kier molecular flexibility index (Phi) is 4.82. The molecule has 26 heavy (non-hydrogen) atoms. The summed E-state index contributed by atoms with van der Waals surface area (Å²) in [5.74, 6) is -0.0459. The predicted octanol–water partition coefficient (Wildman–Crippen LogP) is 4.60. The Morgan fingerprint density at radius 1 is 0.923 bits per heavy atom. The zero-order chi connectivity index (χ0) is 17.8. The van der Waals surface area contributed by atoms with E-state index in [-0.39, 0.29) is 11.9 Å². The molecule has 0 radical (unpaired) electrons. The lowest BCUT2D eigenvalue weighted by molar-refractivity contribution is 0.0920. The number of hydrogen-bond acceptors (Lipinski definition) is 2. The van der Waals surface area contributed by atoms with Gasteiger partial charge < -0.3 is 5.32 Å². The van der Waals surface area contributed by atoms with E-state index in [0.29, 0.717) is 5.69 Å². The van der Waals surface area contributed by atoms with Crippen LogP contribution >= 0.6 is 0 Å². The summed E-state index contributed by atoms with van der Waals surface area (Å²) in [5, 5.41) is 7.93. The van der Waals surface area contributed by atoms with Gasteiger partial charge in [0.15, 0.2) is 0 Å². The summed E-state index contributed by atoms with van der Waals surface area (Å²) in [6, 6.07) is 22.0. The Morgan fingerprint density at radius 3 is 2.27 bits per heavy atom. The fraction of sp³-hybridized carbons (Fsp3) is 0.273. The quantitative estimate of drug-likeness (QED) is 0.751. The molecule has 0 saturated heterocycles. The number of benzene rings is 2. The molecular formula is C22H23N3O. The second-order valence-electron chi connectivity index (χ2n) is 6.84. The van der Waals surface area contributed by atoms with Crippen LogP contribution in [0.2, 0.25) is 0 Å². The Morgan fingerprint density at radius 2 is 1.58 bits per heavy atom. The van der Waals surface area contributed by atoms with Gasteiger partial charge in [-0.1, -0.05) is 67.8 Å². The molecule has 0 spiro atoms. The molecule has 0 unspecified atom stereocenters. The normalized spacial score (nSPS) is 14.9. The van der Waals surface area contributed by atoms with Crippen LogP contribution in [-0.2, 0) is 0 Å². The Hall–Kier alpha value is -2.88. The molecule has 2 aromatic carbocycles. The van der Waals surface area contributed by atoms with Crippen molar-refractivity contribution in [3.8, 4) is 16.9 Å². The maximum atomic E-state index is 13.0. The molecule has 132 valence electrons. The molecule has 1 aromatic heterocycles. The van der Waals surface area contributed by atoms with Gasteiger partial charge in [0.25, 0.3) is 5.91 Å². The summed E-state index contributed by atoms with van der Waals surface area (Å²) >= 11 is 0. The van der Waals surface area contributed by atoms with Gasteiger partial charge in [-0.15, -0.1) is 0 Å². The van der Waals surface area contributed by atoms with Crippen LogP contribution in [0.25, 0.3) is 16.9 Å². The van der Waals surface area contributed by atoms with Crippen molar-refractivity contribution in [2.45, 2.75) is 38.1 Å². The van der Waals surface area contributed by atoms with E-state index >= 15 is 0 Å². The fourth-order valence-electron chi connectivity index (χ4n) is 3.57. The van der Waals surface area contributed by atoms with E-state index in [9.17, 15) is 4.79 Å². The molecule has 1 saturated carbocycles. The number of rotatable bonds is 4. The van der Waals surface area contributed by atoms with Gasteiger partial charge in [0, 0.05) is 11.6 Å². The maximum Gasteiger partial charge on any atom is 0.270 e. The highest BCUT2D eigenvalue weighted by Crippen LogP contribution is 2.23. The molecule has 1 N–H and O–H groups in total. The predicted molar refractivity (Wildman–Crippen MR) is 103 cm³/mol. The van der Waals surface area contributed by atoms with Crippen LogP contribution in [0.15, 0.2) is 66.7 Å². The lowest BCUT2D eigenvalue weighted by Gasteiger charge is -2.22. The average Bonchev–Trinajstić information content (AvgIpc) is 3.16.